The molecule has 12 aromatic carbocycles. The molecule has 430 valence electrons. The summed E-state index contributed by atoms with van der Waals surface area (Å²) in [6, 6.07) is 72.4. The highest BCUT2D eigenvalue weighted by atomic mass is 15.2. The molecule has 0 fully saturated rings. The number of nitrogens with zero attached hydrogens (tertiary/aromatic N) is 2. The molecule has 12 aromatic rings. The lowest BCUT2D eigenvalue weighted by Crippen LogP contribution is -2.60. The van der Waals surface area contributed by atoms with Crippen molar-refractivity contribution in [2.24, 2.45) is 0 Å². The van der Waals surface area contributed by atoms with Gasteiger partial charge in [0.2, 0.25) is 13.4 Å². The van der Waals surface area contributed by atoms with Crippen molar-refractivity contribution in [3.8, 4) is 44.5 Å². The van der Waals surface area contributed by atoms with E-state index in [-0.39, 0.29) is 37.1 Å². The molecular weight excluding hydrogens is 1060 g/mol. The Morgan fingerprint density at radius 1 is 0.284 bits per heavy atom. The number of aryl methyl sites for hydroxylation is 2. The molecule has 0 aliphatic carbocycles. The predicted molar refractivity (Wildman–Crippen MR) is 385 cm³/mol. The Balaban J connectivity index is 1.18. The summed E-state index contributed by atoms with van der Waals surface area (Å²) >= 11 is 0. The maximum Gasteiger partial charge on any atom is 0.248 e. The van der Waals surface area contributed by atoms with Crippen LogP contribution in [0.25, 0.3) is 76.8 Å². The van der Waals surface area contributed by atoms with Gasteiger partial charge in [0, 0.05) is 34.1 Å². The molecule has 4 heterocycles. The molecule has 0 bridgehead atoms. The molecule has 4 aliphatic heterocycles. The summed E-state index contributed by atoms with van der Waals surface area (Å²) in [5, 5.41) is 8.38. The molecule has 4 heteroatoms. The average Bonchev–Trinajstić information content (AvgIpc) is 0.669. The zero-order valence-corrected chi connectivity index (χ0v) is 53.8. The highest BCUT2D eigenvalue weighted by molar-refractivity contribution is 7.02. The summed E-state index contributed by atoms with van der Waals surface area (Å²) in [5.74, 6) is 1.91. The van der Waals surface area contributed by atoms with Gasteiger partial charge in [0.15, 0.2) is 0 Å². The topological polar surface area (TPSA) is 6.48 Å². The van der Waals surface area contributed by atoms with Crippen LogP contribution in [0.5, 0.6) is 0 Å². The maximum absolute atomic E-state index is 2.76. The number of anilines is 6. The smallest absolute Gasteiger partial charge is 0.248 e. The standard InChI is InChI=1S/C84H78B2N2/c1-45(2)53-37-57(47(5)6)77(58(38-53)48(7)8)61-41-63-67-33-51(13)35-75-83(67)86(70-30-22-24-32-74(70)87(75)55-25-17-15-18-26-55)72-44-66-62(78-59(49(9)10)39-54(46(3)4)40-60(78)50(11)12)42-64-68-34-52(14)36-76-84(68)85(71-43-65(61)81(79(63)72)82(66)80(64)71)69-29-21-23-31-73(69)88(76)56-27-19-16-20-28-56/h15-50H,1-14H3. The molecule has 0 aromatic heterocycles. The average molecular weight is 1140 g/mol. The summed E-state index contributed by atoms with van der Waals surface area (Å²) in [6.07, 6.45) is 0. The molecule has 0 N–H and O–H groups in total. The van der Waals surface area contributed by atoms with E-state index in [1.54, 1.807) is 0 Å². The van der Waals surface area contributed by atoms with Crippen LogP contribution in [0.3, 0.4) is 0 Å². The van der Waals surface area contributed by atoms with Gasteiger partial charge >= 0.3 is 0 Å². The number of benzene rings is 12. The quantitative estimate of drug-likeness (QED) is 0.0995. The van der Waals surface area contributed by atoms with Crippen molar-refractivity contribution in [3.63, 3.8) is 0 Å². The van der Waals surface area contributed by atoms with Crippen LogP contribution in [-0.2, 0) is 0 Å². The molecule has 2 nitrogen and oxygen atoms in total. The minimum absolute atomic E-state index is 0.0213. The van der Waals surface area contributed by atoms with Crippen LogP contribution in [0.2, 0.25) is 0 Å². The van der Waals surface area contributed by atoms with Gasteiger partial charge in [-0.3, -0.25) is 0 Å². The van der Waals surface area contributed by atoms with Crippen LogP contribution in [0.15, 0.2) is 182 Å². The van der Waals surface area contributed by atoms with E-state index in [0.717, 1.165) is 0 Å². The van der Waals surface area contributed by atoms with E-state index in [0.29, 0.717) is 11.8 Å². The van der Waals surface area contributed by atoms with E-state index in [9.17, 15) is 0 Å². The monoisotopic (exact) mass is 1140 g/mol. The molecule has 0 radical (unpaired) electrons. The third-order valence-electron chi connectivity index (χ3n) is 20.8. The fourth-order valence-electron chi connectivity index (χ4n) is 16.9. The molecule has 0 spiro atoms. The van der Waals surface area contributed by atoms with E-state index < -0.39 is 0 Å². The highest BCUT2D eigenvalue weighted by Gasteiger charge is 2.46. The zero-order chi connectivity index (χ0) is 60.6. The van der Waals surface area contributed by atoms with Crippen molar-refractivity contribution in [2.75, 3.05) is 9.80 Å². The lowest BCUT2D eigenvalue weighted by Gasteiger charge is -2.42. The van der Waals surface area contributed by atoms with Gasteiger partial charge < -0.3 is 9.80 Å². The molecule has 88 heavy (non-hydrogen) atoms. The summed E-state index contributed by atoms with van der Waals surface area (Å²) < 4.78 is 0. The number of hydrogen-bond acceptors (Lipinski definition) is 2. The normalized spacial score (nSPS) is 13.6. The van der Waals surface area contributed by atoms with Crippen molar-refractivity contribution in [3.05, 3.63) is 226 Å². The second-order valence-electron chi connectivity index (χ2n) is 28.4. The Hall–Kier alpha value is -8.59. The van der Waals surface area contributed by atoms with Crippen molar-refractivity contribution >= 4 is 113 Å². The molecule has 4 aliphatic rings. The molecule has 0 saturated carbocycles. The van der Waals surface area contributed by atoms with Crippen molar-refractivity contribution in [1.82, 2.24) is 0 Å². The SMILES string of the molecule is Cc1cc2c3c(c1)N(c1ccccc1)c1ccccc1B3c1cc3c(-c4c(C(C)C)cc(C(C)C)cc4C(C)C)cc4c5c(cc6c(-c7c(C(C)C)cc(C(C)C)cc7C(C)C)cc-2c1c6c35)B1c2ccccc2N(c2ccccc2)c2cc(C)cc-4c21. The molecule has 0 unspecified atom stereocenters. The van der Waals surface area contributed by atoms with Crippen LogP contribution in [0.4, 0.5) is 34.1 Å². The fourth-order valence-corrected chi connectivity index (χ4v) is 16.9. The van der Waals surface area contributed by atoms with E-state index in [4.69, 9.17) is 0 Å². The number of fused-ring (bicyclic) bond motifs is 8. The third-order valence-corrected chi connectivity index (χ3v) is 20.8. The van der Waals surface area contributed by atoms with Gasteiger partial charge in [-0.25, -0.2) is 0 Å². The van der Waals surface area contributed by atoms with Gasteiger partial charge in [0.1, 0.15) is 0 Å². The summed E-state index contributed by atoms with van der Waals surface area (Å²) in [5.41, 5.74) is 37.9. The van der Waals surface area contributed by atoms with Crippen LogP contribution >= 0.6 is 0 Å². The molecule has 0 amide bonds. The number of para-hydroxylation sites is 4. The first-order valence-corrected chi connectivity index (χ1v) is 32.9. The summed E-state index contributed by atoms with van der Waals surface area (Å²) in [4.78, 5) is 5.15. The van der Waals surface area contributed by atoms with E-state index in [1.807, 2.05) is 0 Å². The Morgan fingerprint density at radius 2 is 0.625 bits per heavy atom. The fraction of sp³-hybridized carbons (Fsp3) is 0.238. The van der Waals surface area contributed by atoms with Gasteiger partial charge in [0.25, 0.3) is 0 Å². The third kappa shape index (κ3) is 7.76. The van der Waals surface area contributed by atoms with E-state index >= 15 is 0 Å². The van der Waals surface area contributed by atoms with Crippen LogP contribution in [-0.4, -0.2) is 13.4 Å². The van der Waals surface area contributed by atoms with Gasteiger partial charge in [0.05, 0.1) is 0 Å². The van der Waals surface area contributed by atoms with Crippen LogP contribution in [0, 0.1) is 13.8 Å². The Labute approximate surface area is 522 Å². The first kappa shape index (κ1) is 54.8. The first-order valence-electron chi connectivity index (χ1n) is 32.9. The maximum atomic E-state index is 2.76. The zero-order valence-electron chi connectivity index (χ0n) is 53.8. The van der Waals surface area contributed by atoms with Crippen LogP contribution in [0.1, 0.15) is 163 Å². The number of hydrogen-bond donors (Lipinski definition) is 0. The Morgan fingerprint density at radius 3 is 0.966 bits per heavy atom. The predicted octanol–water partition coefficient (Wildman–Crippen LogP) is 19.8. The van der Waals surface area contributed by atoms with Crippen molar-refractivity contribution in [2.45, 2.75) is 132 Å². The van der Waals surface area contributed by atoms with Gasteiger partial charge in [-0.2, -0.15) is 0 Å². The second-order valence-corrected chi connectivity index (χ2v) is 28.4. The lowest BCUT2D eigenvalue weighted by molar-refractivity contribution is 0.807. The second kappa shape index (κ2) is 20.0. The molecule has 0 saturated heterocycles. The van der Waals surface area contributed by atoms with E-state index in [2.05, 4.69) is 289 Å². The Kier molecular flexibility index (Phi) is 12.4. The molecular formula is C84H78B2N2. The Bertz CT molecular complexity index is 4540. The largest absolute Gasteiger partial charge is 0.311 e. The van der Waals surface area contributed by atoms with E-state index in [1.165, 1.54) is 188 Å². The van der Waals surface area contributed by atoms with Gasteiger partial charge in [-0.05, 0) is 253 Å². The van der Waals surface area contributed by atoms with Gasteiger partial charge in [-0.1, -0.05) is 215 Å². The van der Waals surface area contributed by atoms with Crippen molar-refractivity contribution < 1.29 is 0 Å². The minimum atomic E-state index is -0.0213. The van der Waals surface area contributed by atoms with Crippen LogP contribution < -0.4 is 42.6 Å². The number of rotatable bonds is 10. The minimum Gasteiger partial charge on any atom is -0.311 e. The highest BCUT2D eigenvalue weighted by Crippen LogP contribution is 2.55. The molecule has 0 atom stereocenters. The molecule has 16 rings (SSSR count). The summed E-state index contributed by atoms with van der Waals surface area (Å²) in [7, 11) is 0. The van der Waals surface area contributed by atoms with Crippen molar-refractivity contribution in [1.29, 1.82) is 0 Å². The lowest BCUT2D eigenvalue weighted by atomic mass is 9.31. The summed E-state index contributed by atoms with van der Waals surface area (Å²) in [6.45, 7) is 33.6. The first-order chi connectivity index (χ1) is 42.5. The van der Waals surface area contributed by atoms with Gasteiger partial charge in [-0.15, -0.1) is 0 Å².